The molecule has 0 unspecified atom stereocenters. The van der Waals surface area contributed by atoms with Gasteiger partial charge >= 0.3 is 6.18 Å². The van der Waals surface area contributed by atoms with Gasteiger partial charge in [0.1, 0.15) is 11.4 Å². The third kappa shape index (κ3) is 5.28. The fraction of sp³-hybridized carbons (Fsp3) is 0.333. The Kier molecular flexibility index (Phi) is 7.05. The molecule has 1 saturated heterocycles. The maximum Gasteiger partial charge on any atom is 0.417 e. The summed E-state index contributed by atoms with van der Waals surface area (Å²) in [5.74, 6) is -1.67. The Balaban J connectivity index is 1.48. The van der Waals surface area contributed by atoms with Gasteiger partial charge in [0.2, 0.25) is 5.91 Å². The highest BCUT2D eigenvalue weighted by Gasteiger charge is 2.42. The SMILES string of the molecule is O=C(NC1(C(=O)NCCc2c[nH]c3ccc(F)cc23)CCNCC1)c1cccc(C(F)(F)F)c1Cl. The number of carbonyl (C=O) groups is 2. The van der Waals surface area contributed by atoms with Crippen molar-refractivity contribution in [2.45, 2.75) is 31.0 Å². The number of aromatic amines is 1. The number of carbonyl (C=O) groups excluding carboxylic acids is 2. The predicted octanol–water partition coefficient (Wildman–Crippen LogP) is 4.19. The van der Waals surface area contributed by atoms with Gasteiger partial charge in [-0.15, -0.1) is 0 Å². The maximum absolute atomic E-state index is 13.6. The highest BCUT2D eigenvalue weighted by Crippen LogP contribution is 2.36. The van der Waals surface area contributed by atoms with E-state index in [0.717, 1.165) is 23.2 Å². The number of hydrogen-bond acceptors (Lipinski definition) is 3. The fourth-order valence-electron chi connectivity index (χ4n) is 4.31. The average molecular weight is 511 g/mol. The zero-order valence-electron chi connectivity index (χ0n) is 18.5. The predicted molar refractivity (Wildman–Crippen MR) is 124 cm³/mol. The summed E-state index contributed by atoms with van der Waals surface area (Å²) in [7, 11) is 0. The molecule has 1 aliphatic heterocycles. The summed E-state index contributed by atoms with van der Waals surface area (Å²) < 4.78 is 53.3. The Morgan fingerprint density at radius 1 is 1.11 bits per heavy atom. The topological polar surface area (TPSA) is 86.0 Å². The number of alkyl halides is 3. The van der Waals surface area contributed by atoms with E-state index in [4.69, 9.17) is 11.6 Å². The third-order valence-electron chi connectivity index (χ3n) is 6.20. The molecule has 0 atom stereocenters. The van der Waals surface area contributed by atoms with Gasteiger partial charge in [-0.2, -0.15) is 13.2 Å². The molecule has 6 nitrogen and oxygen atoms in total. The second-order valence-corrected chi connectivity index (χ2v) is 8.84. The number of rotatable bonds is 6. The van der Waals surface area contributed by atoms with Crippen LogP contribution in [0, 0.1) is 5.82 Å². The molecular weight excluding hydrogens is 488 g/mol. The number of hydrogen-bond donors (Lipinski definition) is 4. The van der Waals surface area contributed by atoms with Crippen molar-refractivity contribution in [3.05, 3.63) is 70.1 Å². The quantitative estimate of drug-likeness (QED) is 0.375. The van der Waals surface area contributed by atoms with E-state index < -0.39 is 34.1 Å². The molecule has 35 heavy (non-hydrogen) atoms. The number of fused-ring (bicyclic) bond motifs is 1. The highest BCUT2D eigenvalue weighted by atomic mass is 35.5. The first-order chi connectivity index (χ1) is 16.6. The van der Waals surface area contributed by atoms with Gasteiger partial charge in [0.15, 0.2) is 0 Å². The maximum atomic E-state index is 13.6. The molecule has 2 aromatic carbocycles. The van der Waals surface area contributed by atoms with E-state index in [1.807, 2.05) is 0 Å². The van der Waals surface area contributed by atoms with E-state index >= 15 is 0 Å². The smallest absolute Gasteiger partial charge is 0.361 e. The Bertz CT molecular complexity index is 1250. The molecule has 1 aromatic heterocycles. The van der Waals surface area contributed by atoms with Gasteiger partial charge in [0.05, 0.1) is 16.1 Å². The first-order valence-electron chi connectivity index (χ1n) is 11.0. The molecule has 0 bridgehead atoms. The molecule has 2 amide bonds. The average Bonchev–Trinajstić information content (AvgIpc) is 3.21. The molecule has 4 N–H and O–H groups in total. The van der Waals surface area contributed by atoms with Crippen LogP contribution >= 0.6 is 11.6 Å². The van der Waals surface area contributed by atoms with E-state index in [1.54, 1.807) is 12.3 Å². The summed E-state index contributed by atoms with van der Waals surface area (Å²) in [6, 6.07) is 7.48. The Hall–Kier alpha value is -3.11. The van der Waals surface area contributed by atoms with Crippen LogP contribution in [0.2, 0.25) is 5.02 Å². The van der Waals surface area contributed by atoms with Crippen LogP contribution in [0.25, 0.3) is 10.9 Å². The number of benzene rings is 2. The van der Waals surface area contributed by atoms with Gasteiger partial charge in [0, 0.05) is 23.6 Å². The van der Waals surface area contributed by atoms with Crippen LogP contribution in [-0.2, 0) is 17.4 Å². The van der Waals surface area contributed by atoms with Crippen molar-refractivity contribution in [1.82, 2.24) is 20.9 Å². The molecular formula is C24H23ClF4N4O2. The third-order valence-corrected chi connectivity index (χ3v) is 6.61. The summed E-state index contributed by atoms with van der Waals surface area (Å²) in [4.78, 5) is 29.2. The minimum Gasteiger partial charge on any atom is -0.361 e. The van der Waals surface area contributed by atoms with Crippen molar-refractivity contribution in [3.8, 4) is 0 Å². The van der Waals surface area contributed by atoms with Crippen LogP contribution in [-0.4, -0.2) is 42.0 Å². The molecule has 0 aliphatic carbocycles. The number of aromatic nitrogens is 1. The van der Waals surface area contributed by atoms with Gasteiger partial charge in [0.25, 0.3) is 5.91 Å². The van der Waals surface area contributed by atoms with Crippen molar-refractivity contribution in [2.24, 2.45) is 0 Å². The van der Waals surface area contributed by atoms with E-state index in [-0.39, 0.29) is 30.8 Å². The number of piperidine rings is 1. The van der Waals surface area contributed by atoms with E-state index in [9.17, 15) is 27.2 Å². The normalized spacial score (nSPS) is 15.7. The Labute approximate surface area is 203 Å². The second kappa shape index (κ2) is 9.87. The second-order valence-electron chi connectivity index (χ2n) is 8.46. The highest BCUT2D eigenvalue weighted by molar-refractivity contribution is 6.34. The minimum absolute atomic E-state index is 0.220. The van der Waals surface area contributed by atoms with Gasteiger partial charge in [-0.25, -0.2) is 4.39 Å². The zero-order chi connectivity index (χ0) is 25.2. The van der Waals surface area contributed by atoms with Crippen LogP contribution in [0.15, 0.2) is 42.6 Å². The Morgan fingerprint density at radius 3 is 2.57 bits per heavy atom. The van der Waals surface area contributed by atoms with E-state index in [0.29, 0.717) is 24.9 Å². The summed E-state index contributed by atoms with van der Waals surface area (Å²) in [5.41, 5.74) is -1.20. The van der Waals surface area contributed by atoms with Crippen molar-refractivity contribution >= 4 is 34.3 Å². The van der Waals surface area contributed by atoms with Crippen LogP contribution in [0.5, 0.6) is 0 Å². The summed E-state index contributed by atoms with van der Waals surface area (Å²) in [6.45, 7) is 1.09. The largest absolute Gasteiger partial charge is 0.417 e. The first kappa shape index (κ1) is 25.0. The lowest BCUT2D eigenvalue weighted by Crippen LogP contribution is -2.63. The molecule has 0 spiro atoms. The van der Waals surface area contributed by atoms with Crippen molar-refractivity contribution in [3.63, 3.8) is 0 Å². The molecule has 1 fully saturated rings. The number of halogens is 5. The van der Waals surface area contributed by atoms with Gasteiger partial charge in [-0.05, 0) is 68.2 Å². The molecule has 3 aromatic rings. The van der Waals surface area contributed by atoms with Crippen LogP contribution in [0.3, 0.4) is 0 Å². The Morgan fingerprint density at radius 2 is 1.86 bits per heavy atom. The lowest BCUT2D eigenvalue weighted by molar-refractivity contribution is -0.137. The van der Waals surface area contributed by atoms with Crippen LogP contribution in [0.1, 0.15) is 34.3 Å². The van der Waals surface area contributed by atoms with Crippen LogP contribution in [0.4, 0.5) is 17.6 Å². The lowest BCUT2D eigenvalue weighted by Gasteiger charge is -2.37. The molecule has 2 heterocycles. The molecule has 0 saturated carbocycles. The number of nitrogens with one attached hydrogen (secondary N) is 4. The monoisotopic (exact) mass is 510 g/mol. The van der Waals surface area contributed by atoms with Gasteiger partial charge in [-0.1, -0.05) is 17.7 Å². The van der Waals surface area contributed by atoms with Crippen LogP contribution < -0.4 is 16.0 Å². The van der Waals surface area contributed by atoms with Gasteiger partial charge < -0.3 is 20.9 Å². The summed E-state index contributed by atoms with van der Waals surface area (Å²) in [6.07, 6.45) is -2.06. The standard InChI is InChI=1S/C24H23ClF4N4O2/c25-20-16(2-1-3-18(20)24(27,28)29)21(34)33-23(7-10-30-11-8-23)22(35)31-9-6-14-13-32-19-5-4-15(26)12-17(14)19/h1-5,12-13,30,32H,6-11H2,(H,31,35)(H,33,34). The van der Waals surface area contributed by atoms with Crippen molar-refractivity contribution in [1.29, 1.82) is 0 Å². The lowest BCUT2D eigenvalue weighted by atomic mass is 9.86. The van der Waals surface area contributed by atoms with Crippen molar-refractivity contribution < 1.29 is 27.2 Å². The molecule has 4 rings (SSSR count). The molecule has 1 aliphatic rings. The fourth-order valence-corrected chi connectivity index (χ4v) is 4.63. The zero-order valence-corrected chi connectivity index (χ0v) is 19.2. The summed E-state index contributed by atoms with van der Waals surface area (Å²) >= 11 is 5.91. The first-order valence-corrected chi connectivity index (χ1v) is 11.4. The van der Waals surface area contributed by atoms with E-state index in [2.05, 4.69) is 20.9 Å². The molecule has 0 radical (unpaired) electrons. The van der Waals surface area contributed by atoms with Crippen molar-refractivity contribution in [2.75, 3.05) is 19.6 Å². The minimum atomic E-state index is -4.72. The van der Waals surface area contributed by atoms with Gasteiger partial charge in [-0.3, -0.25) is 9.59 Å². The number of amides is 2. The molecule has 11 heteroatoms. The summed E-state index contributed by atoms with van der Waals surface area (Å²) in [5, 5.41) is 8.57. The molecule has 186 valence electrons. The van der Waals surface area contributed by atoms with E-state index in [1.165, 1.54) is 18.2 Å². The number of H-pyrrole nitrogens is 1.